The minimum Gasteiger partial charge on any atom is -0.376 e. The summed E-state index contributed by atoms with van der Waals surface area (Å²) in [5.74, 6) is 0.212. The van der Waals surface area contributed by atoms with Gasteiger partial charge in [-0.2, -0.15) is 4.31 Å². The van der Waals surface area contributed by atoms with Gasteiger partial charge in [0.05, 0.1) is 18.1 Å². The molecule has 0 aliphatic carbocycles. The van der Waals surface area contributed by atoms with E-state index in [-0.39, 0.29) is 5.92 Å². The maximum absolute atomic E-state index is 12.8. The molecule has 6 nitrogen and oxygen atoms in total. The molecule has 3 heterocycles. The van der Waals surface area contributed by atoms with Crippen LogP contribution in [0.1, 0.15) is 17.5 Å². The first-order valence-electron chi connectivity index (χ1n) is 9.17. The van der Waals surface area contributed by atoms with Crippen molar-refractivity contribution in [1.29, 1.82) is 0 Å². The third-order valence-electron chi connectivity index (χ3n) is 5.48. The van der Waals surface area contributed by atoms with E-state index in [2.05, 4.69) is 4.98 Å². The highest BCUT2D eigenvalue weighted by Crippen LogP contribution is 2.42. The highest BCUT2D eigenvalue weighted by molar-refractivity contribution is 7.89. The Morgan fingerprint density at radius 3 is 2.59 bits per heavy atom. The highest BCUT2D eigenvalue weighted by Gasteiger charge is 2.56. The van der Waals surface area contributed by atoms with Crippen LogP contribution >= 0.6 is 0 Å². The van der Waals surface area contributed by atoms with E-state index in [9.17, 15) is 8.42 Å². The molecule has 0 amide bonds. The van der Waals surface area contributed by atoms with Gasteiger partial charge in [-0.3, -0.25) is 4.98 Å². The van der Waals surface area contributed by atoms with E-state index in [4.69, 9.17) is 9.47 Å². The van der Waals surface area contributed by atoms with Crippen LogP contribution in [-0.2, 0) is 26.1 Å². The molecule has 2 aromatic rings. The predicted octanol–water partition coefficient (Wildman–Crippen LogP) is 2.39. The van der Waals surface area contributed by atoms with E-state index in [1.165, 1.54) is 4.31 Å². The summed E-state index contributed by atoms with van der Waals surface area (Å²) in [6.07, 6.45) is 4.39. The van der Waals surface area contributed by atoms with Crippen molar-refractivity contribution in [1.82, 2.24) is 9.29 Å². The van der Waals surface area contributed by atoms with Crippen molar-refractivity contribution in [2.45, 2.75) is 30.4 Å². The fourth-order valence-corrected chi connectivity index (χ4v) is 5.30. The lowest BCUT2D eigenvalue weighted by Gasteiger charge is -2.49. The van der Waals surface area contributed by atoms with Gasteiger partial charge >= 0.3 is 0 Å². The van der Waals surface area contributed by atoms with E-state index < -0.39 is 15.6 Å². The summed E-state index contributed by atoms with van der Waals surface area (Å²) in [5, 5.41) is 0. The fraction of sp³-hybridized carbons (Fsp3) is 0.450. The zero-order chi connectivity index (χ0) is 18.9. The lowest BCUT2D eigenvalue weighted by Crippen LogP contribution is -2.66. The number of hydrogen-bond donors (Lipinski definition) is 0. The maximum atomic E-state index is 12.8. The van der Waals surface area contributed by atoms with Crippen molar-refractivity contribution >= 4 is 10.0 Å². The Hall–Kier alpha value is -1.80. The lowest BCUT2D eigenvalue weighted by molar-refractivity contribution is -0.115. The Balaban J connectivity index is 1.36. The zero-order valence-corrected chi connectivity index (χ0v) is 16.2. The molecule has 0 N–H and O–H groups in total. The molecule has 2 saturated heterocycles. The minimum atomic E-state index is -3.46. The minimum absolute atomic E-state index is 0.212. The molecule has 1 spiro atoms. The number of ether oxygens (including phenoxy) is 2. The molecular weight excluding hydrogens is 364 g/mol. The van der Waals surface area contributed by atoms with Gasteiger partial charge in [-0.25, -0.2) is 8.42 Å². The van der Waals surface area contributed by atoms with Crippen molar-refractivity contribution in [3.05, 3.63) is 59.9 Å². The van der Waals surface area contributed by atoms with Crippen LogP contribution in [0.2, 0.25) is 0 Å². The summed E-state index contributed by atoms with van der Waals surface area (Å²) in [6.45, 7) is 4.49. The van der Waals surface area contributed by atoms with Gasteiger partial charge in [0.1, 0.15) is 5.60 Å². The molecule has 27 heavy (non-hydrogen) atoms. The normalized spacial score (nSPS) is 22.0. The molecule has 7 heteroatoms. The molecule has 1 aromatic carbocycles. The van der Waals surface area contributed by atoms with Crippen LogP contribution in [0.4, 0.5) is 0 Å². The van der Waals surface area contributed by atoms with Crippen LogP contribution in [0.5, 0.6) is 0 Å². The smallest absolute Gasteiger partial charge is 0.243 e. The van der Waals surface area contributed by atoms with Gasteiger partial charge < -0.3 is 9.47 Å². The standard InChI is InChI=1S/C20H24N2O4S/c1-16-2-4-19(5-3-16)27(23,24)22-14-20(15-22)18(8-11-26-20)13-25-12-17-6-9-21-10-7-17/h2-7,9-10,18H,8,11-15H2,1H3/t18-/m0/s1. The van der Waals surface area contributed by atoms with E-state index in [1.807, 2.05) is 31.2 Å². The van der Waals surface area contributed by atoms with Gasteiger partial charge in [-0.15, -0.1) is 0 Å². The summed E-state index contributed by atoms with van der Waals surface area (Å²) in [5.41, 5.74) is 1.71. The molecule has 144 valence electrons. The van der Waals surface area contributed by atoms with Gasteiger partial charge in [0, 0.05) is 38.0 Å². The van der Waals surface area contributed by atoms with Crippen molar-refractivity contribution < 1.29 is 17.9 Å². The second kappa shape index (κ2) is 7.31. The van der Waals surface area contributed by atoms with Gasteiger partial charge in [0.2, 0.25) is 10.0 Å². The summed E-state index contributed by atoms with van der Waals surface area (Å²) < 4.78 is 39.0. The number of hydrogen-bond acceptors (Lipinski definition) is 5. The SMILES string of the molecule is Cc1ccc(S(=O)(=O)N2CC3(C2)OCC[C@H]3COCc2ccncc2)cc1. The summed E-state index contributed by atoms with van der Waals surface area (Å²) in [4.78, 5) is 4.34. The monoisotopic (exact) mass is 388 g/mol. The number of rotatable bonds is 6. The lowest BCUT2D eigenvalue weighted by atomic mass is 9.83. The van der Waals surface area contributed by atoms with Crippen LogP contribution in [0.3, 0.4) is 0 Å². The molecule has 0 unspecified atom stereocenters. The Morgan fingerprint density at radius 1 is 1.19 bits per heavy atom. The van der Waals surface area contributed by atoms with Gasteiger partial charge in [0.15, 0.2) is 0 Å². The molecule has 0 saturated carbocycles. The van der Waals surface area contributed by atoms with Crippen LogP contribution in [0, 0.1) is 12.8 Å². The first-order valence-corrected chi connectivity index (χ1v) is 10.6. The third-order valence-corrected chi connectivity index (χ3v) is 7.29. The molecule has 2 aliphatic heterocycles. The Bertz CT molecular complexity index is 878. The van der Waals surface area contributed by atoms with E-state index >= 15 is 0 Å². The van der Waals surface area contributed by atoms with Gasteiger partial charge in [-0.1, -0.05) is 17.7 Å². The molecule has 2 aliphatic rings. The number of pyridine rings is 1. The second-order valence-corrected chi connectivity index (χ2v) is 9.29. The Labute approximate surface area is 160 Å². The van der Waals surface area contributed by atoms with Crippen molar-refractivity contribution in [2.75, 3.05) is 26.3 Å². The number of aromatic nitrogens is 1. The van der Waals surface area contributed by atoms with E-state index in [1.54, 1.807) is 24.5 Å². The average molecular weight is 388 g/mol. The highest BCUT2D eigenvalue weighted by atomic mass is 32.2. The molecule has 1 atom stereocenters. The first kappa shape index (κ1) is 18.6. The molecular formula is C20H24N2O4S. The average Bonchev–Trinajstić information content (AvgIpc) is 3.06. The van der Waals surface area contributed by atoms with Crippen molar-refractivity contribution in [3.63, 3.8) is 0 Å². The van der Waals surface area contributed by atoms with Gasteiger partial charge in [-0.05, 0) is 43.2 Å². The molecule has 0 bridgehead atoms. The first-order chi connectivity index (χ1) is 13.0. The molecule has 0 radical (unpaired) electrons. The summed E-state index contributed by atoms with van der Waals surface area (Å²) in [6, 6.07) is 10.8. The van der Waals surface area contributed by atoms with Gasteiger partial charge in [0.25, 0.3) is 0 Å². The second-order valence-electron chi connectivity index (χ2n) is 7.36. The van der Waals surface area contributed by atoms with Crippen LogP contribution in [0.25, 0.3) is 0 Å². The maximum Gasteiger partial charge on any atom is 0.243 e. The number of sulfonamides is 1. The van der Waals surface area contributed by atoms with Crippen LogP contribution < -0.4 is 0 Å². The third kappa shape index (κ3) is 3.65. The van der Waals surface area contributed by atoms with Crippen LogP contribution in [-0.4, -0.2) is 49.6 Å². The number of aryl methyl sites for hydroxylation is 1. The van der Waals surface area contributed by atoms with Crippen LogP contribution in [0.15, 0.2) is 53.7 Å². The Morgan fingerprint density at radius 2 is 1.89 bits per heavy atom. The van der Waals surface area contributed by atoms with E-state index in [0.717, 1.165) is 17.5 Å². The molecule has 1 aromatic heterocycles. The zero-order valence-electron chi connectivity index (χ0n) is 15.4. The van der Waals surface area contributed by atoms with Crippen molar-refractivity contribution in [3.8, 4) is 0 Å². The quantitative estimate of drug-likeness (QED) is 0.760. The van der Waals surface area contributed by atoms with E-state index in [0.29, 0.717) is 37.8 Å². The molecule has 4 rings (SSSR count). The Kier molecular flexibility index (Phi) is 5.03. The number of benzene rings is 1. The fourth-order valence-electron chi connectivity index (χ4n) is 3.75. The summed E-state index contributed by atoms with van der Waals surface area (Å²) >= 11 is 0. The number of nitrogens with zero attached hydrogens (tertiary/aromatic N) is 2. The summed E-state index contributed by atoms with van der Waals surface area (Å²) in [7, 11) is -3.46. The largest absolute Gasteiger partial charge is 0.376 e. The molecule has 2 fully saturated rings. The topological polar surface area (TPSA) is 68.7 Å². The van der Waals surface area contributed by atoms with Crippen molar-refractivity contribution in [2.24, 2.45) is 5.92 Å². The predicted molar refractivity (Wildman–Crippen MR) is 101 cm³/mol.